The van der Waals surface area contributed by atoms with Crippen LogP contribution in [0.5, 0.6) is 0 Å². The topological polar surface area (TPSA) is 13.1 Å². The highest BCUT2D eigenvalue weighted by atomic mass is 16.3. The molecule has 0 radical (unpaired) electrons. The second kappa shape index (κ2) is 5.76. The smallest absolute Gasteiger partial charge is 0.135 e. The average Bonchev–Trinajstić information content (AvgIpc) is 2.63. The summed E-state index contributed by atoms with van der Waals surface area (Å²) in [5.74, 6) is 1.58. The lowest BCUT2D eigenvalue weighted by Crippen LogP contribution is -1.76. The third-order valence-corrected chi connectivity index (χ3v) is 2.15. The minimum Gasteiger partial charge on any atom is -0.456 e. The summed E-state index contributed by atoms with van der Waals surface area (Å²) in [7, 11) is 0. The second-order valence-electron chi connectivity index (χ2n) is 3.16. The van der Waals surface area contributed by atoms with Crippen LogP contribution in [0.3, 0.4) is 0 Å². The van der Waals surface area contributed by atoms with Crippen molar-refractivity contribution in [1.29, 1.82) is 0 Å². The Morgan fingerprint density at radius 1 is 0.938 bits per heavy atom. The first-order valence-corrected chi connectivity index (χ1v) is 5.12. The van der Waals surface area contributed by atoms with Crippen LogP contribution in [0.25, 0.3) is 24.3 Å². The van der Waals surface area contributed by atoms with E-state index in [1.165, 1.54) is 0 Å². The zero-order valence-electron chi connectivity index (χ0n) is 9.57. The van der Waals surface area contributed by atoms with Crippen molar-refractivity contribution in [3.05, 3.63) is 60.6 Å². The fourth-order valence-electron chi connectivity index (χ4n) is 1.47. The van der Waals surface area contributed by atoms with Gasteiger partial charge in [-0.05, 0) is 19.1 Å². The van der Waals surface area contributed by atoms with Gasteiger partial charge in [0.25, 0.3) is 0 Å². The molecule has 0 aliphatic rings. The Balaban J connectivity index is 3.38. The standard InChI is InChI=1S/C15H16O/c1-5-9-11-15-13(8-4)12(7-3)14(16-15)10-6-2/h5-11H,1,3-4H2,2H3/b10-6-,11-9-. The van der Waals surface area contributed by atoms with Crippen molar-refractivity contribution in [3.63, 3.8) is 0 Å². The summed E-state index contributed by atoms with van der Waals surface area (Å²) in [4.78, 5) is 0. The predicted molar refractivity (Wildman–Crippen MR) is 72.8 cm³/mol. The third-order valence-electron chi connectivity index (χ3n) is 2.15. The van der Waals surface area contributed by atoms with Crippen molar-refractivity contribution < 1.29 is 4.42 Å². The van der Waals surface area contributed by atoms with Gasteiger partial charge < -0.3 is 4.42 Å². The lowest BCUT2D eigenvalue weighted by atomic mass is 10.1. The summed E-state index contributed by atoms with van der Waals surface area (Å²) >= 11 is 0. The molecule has 82 valence electrons. The number of allylic oxidation sites excluding steroid dienone is 3. The minimum atomic E-state index is 0.776. The van der Waals surface area contributed by atoms with E-state index in [-0.39, 0.29) is 0 Å². The van der Waals surface area contributed by atoms with Gasteiger partial charge in [0.15, 0.2) is 0 Å². The Kier molecular flexibility index (Phi) is 4.34. The van der Waals surface area contributed by atoms with E-state index in [2.05, 4.69) is 19.7 Å². The molecule has 0 spiro atoms. The highest BCUT2D eigenvalue weighted by Crippen LogP contribution is 2.27. The molecule has 1 nitrogen and oxygen atoms in total. The van der Waals surface area contributed by atoms with E-state index in [0.717, 1.165) is 22.6 Å². The number of furan rings is 1. The lowest BCUT2D eigenvalue weighted by molar-refractivity contribution is 0.546. The largest absolute Gasteiger partial charge is 0.456 e. The van der Waals surface area contributed by atoms with Crippen molar-refractivity contribution in [2.45, 2.75) is 6.92 Å². The summed E-state index contributed by atoms with van der Waals surface area (Å²) in [6, 6.07) is 0. The maximum absolute atomic E-state index is 5.71. The SMILES string of the molecule is C=C/C=C\c1oc(/C=C\C)c(C=C)c1C=C. The van der Waals surface area contributed by atoms with Gasteiger partial charge in [-0.1, -0.05) is 50.1 Å². The van der Waals surface area contributed by atoms with Crippen LogP contribution in [0, 0.1) is 0 Å². The molecule has 0 saturated carbocycles. The third kappa shape index (κ3) is 2.31. The van der Waals surface area contributed by atoms with Gasteiger partial charge in [0.1, 0.15) is 11.5 Å². The summed E-state index contributed by atoms with van der Waals surface area (Å²) in [6.45, 7) is 13.2. The zero-order chi connectivity index (χ0) is 12.0. The van der Waals surface area contributed by atoms with E-state index in [4.69, 9.17) is 4.42 Å². The maximum atomic E-state index is 5.71. The van der Waals surface area contributed by atoms with E-state index in [1.807, 2.05) is 31.2 Å². The predicted octanol–water partition coefficient (Wildman–Crippen LogP) is 4.80. The van der Waals surface area contributed by atoms with E-state index in [1.54, 1.807) is 18.2 Å². The molecule has 1 rings (SSSR count). The molecule has 1 aromatic rings. The van der Waals surface area contributed by atoms with Crippen molar-refractivity contribution in [3.8, 4) is 0 Å². The van der Waals surface area contributed by atoms with E-state index in [9.17, 15) is 0 Å². The van der Waals surface area contributed by atoms with E-state index < -0.39 is 0 Å². The molecule has 0 aliphatic heterocycles. The van der Waals surface area contributed by atoms with Crippen molar-refractivity contribution >= 4 is 24.3 Å². The van der Waals surface area contributed by atoms with Crippen LogP contribution in [0.1, 0.15) is 29.6 Å². The first-order chi connectivity index (χ1) is 7.78. The Bertz CT molecular complexity index is 456. The second-order valence-corrected chi connectivity index (χ2v) is 3.16. The molecule has 0 saturated heterocycles. The van der Waals surface area contributed by atoms with E-state index in [0.29, 0.717) is 0 Å². The molecule has 0 amide bonds. The molecule has 0 N–H and O–H groups in total. The van der Waals surface area contributed by atoms with Crippen LogP contribution in [-0.4, -0.2) is 0 Å². The van der Waals surface area contributed by atoms with Gasteiger partial charge in [-0.25, -0.2) is 0 Å². The Morgan fingerprint density at radius 2 is 1.50 bits per heavy atom. The fraction of sp³-hybridized carbons (Fsp3) is 0.0667. The van der Waals surface area contributed by atoms with Crippen molar-refractivity contribution in [2.24, 2.45) is 0 Å². The van der Waals surface area contributed by atoms with Crippen LogP contribution in [0.15, 0.2) is 42.4 Å². The molecular weight excluding hydrogens is 196 g/mol. The molecule has 0 aliphatic carbocycles. The molecule has 0 atom stereocenters. The molecule has 0 aromatic carbocycles. The summed E-state index contributed by atoms with van der Waals surface area (Å²) in [5, 5.41) is 0. The van der Waals surface area contributed by atoms with Gasteiger partial charge in [-0.15, -0.1) is 0 Å². The quantitative estimate of drug-likeness (QED) is 0.639. The van der Waals surface area contributed by atoms with Crippen LogP contribution < -0.4 is 0 Å². The number of rotatable bonds is 5. The van der Waals surface area contributed by atoms with Gasteiger partial charge >= 0.3 is 0 Å². The van der Waals surface area contributed by atoms with Crippen LogP contribution >= 0.6 is 0 Å². The number of hydrogen-bond acceptors (Lipinski definition) is 1. The zero-order valence-corrected chi connectivity index (χ0v) is 9.57. The average molecular weight is 212 g/mol. The number of hydrogen-bond donors (Lipinski definition) is 0. The normalized spacial score (nSPS) is 11.1. The van der Waals surface area contributed by atoms with Gasteiger partial charge in [0, 0.05) is 11.1 Å². The van der Waals surface area contributed by atoms with Gasteiger partial charge in [-0.2, -0.15) is 0 Å². The van der Waals surface area contributed by atoms with E-state index >= 15 is 0 Å². The maximum Gasteiger partial charge on any atom is 0.135 e. The van der Waals surface area contributed by atoms with Crippen LogP contribution in [-0.2, 0) is 0 Å². The van der Waals surface area contributed by atoms with Gasteiger partial charge in [0.05, 0.1) is 0 Å². The molecule has 1 heterocycles. The summed E-state index contributed by atoms with van der Waals surface area (Å²) in [6.07, 6.45) is 12.8. The van der Waals surface area contributed by atoms with Crippen molar-refractivity contribution in [1.82, 2.24) is 0 Å². The minimum absolute atomic E-state index is 0.776. The molecule has 0 fully saturated rings. The monoisotopic (exact) mass is 212 g/mol. The Hall–Kier alpha value is -2.02. The van der Waals surface area contributed by atoms with Crippen LogP contribution in [0.4, 0.5) is 0 Å². The molecule has 1 aromatic heterocycles. The molecule has 16 heavy (non-hydrogen) atoms. The molecule has 0 bridgehead atoms. The lowest BCUT2D eigenvalue weighted by Gasteiger charge is -1.91. The Labute approximate surface area is 96.8 Å². The first-order valence-electron chi connectivity index (χ1n) is 5.12. The van der Waals surface area contributed by atoms with Gasteiger partial charge in [-0.3, -0.25) is 0 Å². The van der Waals surface area contributed by atoms with Crippen molar-refractivity contribution in [2.75, 3.05) is 0 Å². The van der Waals surface area contributed by atoms with Crippen LogP contribution in [0.2, 0.25) is 0 Å². The fourth-order valence-corrected chi connectivity index (χ4v) is 1.47. The molecule has 1 heteroatoms. The highest BCUT2D eigenvalue weighted by molar-refractivity contribution is 5.76. The highest BCUT2D eigenvalue weighted by Gasteiger charge is 2.11. The Morgan fingerprint density at radius 3 is 1.94 bits per heavy atom. The van der Waals surface area contributed by atoms with Gasteiger partial charge in [0.2, 0.25) is 0 Å². The summed E-state index contributed by atoms with van der Waals surface area (Å²) < 4.78 is 5.71. The molecule has 0 unspecified atom stereocenters. The first kappa shape index (κ1) is 12.1. The molecular formula is C15H16O. The summed E-state index contributed by atoms with van der Waals surface area (Å²) in [5.41, 5.74) is 1.93.